The molecule has 0 atom stereocenters. The molecule has 0 unspecified atom stereocenters. The van der Waals surface area contributed by atoms with E-state index in [4.69, 9.17) is 11.6 Å². The van der Waals surface area contributed by atoms with Gasteiger partial charge in [-0.15, -0.1) is 10.2 Å². The normalized spacial score (nSPS) is 11.3. The molecule has 0 aliphatic rings. The lowest BCUT2D eigenvalue weighted by atomic mass is 10.2. The van der Waals surface area contributed by atoms with Crippen LogP contribution in [-0.4, -0.2) is 23.5 Å². The van der Waals surface area contributed by atoms with Crippen LogP contribution in [0.5, 0.6) is 0 Å². The molecule has 134 valence electrons. The maximum absolute atomic E-state index is 12.3. The number of benzene rings is 2. The molecule has 0 bridgehead atoms. The second-order valence-electron chi connectivity index (χ2n) is 5.16. The fourth-order valence-electron chi connectivity index (χ4n) is 2.06. The summed E-state index contributed by atoms with van der Waals surface area (Å²) in [5.74, 6) is 0. The van der Waals surface area contributed by atoms with Crippen molar-refractivity contribution in [1.82, 2.24) is 10.2 Å². The summed E-state index contributed by atoms with van der Waals surface area (Å²) in [6.07, 6.45) is 0.494. The smallest absolute Gasteiger partial charge is 0.258 e. The first-order valence-electron chi connectivity index (χ1n) is 7.17. The van der Waals surface area contributed by atoms with E-state index in [2.05, 4.69) is 14.9 Å². The summed E-state index contributed by atoms with van der Waals surface area (Å²) < 4.78 is 27.0. The van der Waals surface area contributed by atoms with Gasteiger partial charge in [0.15, 0.2) is 0 Å². The summed E-state index contributed by atoms with van der Waals surface area (Å²) in [7, 11) is -3.90. The lowest BCUT2D eigenvalue weighted by molar-refractivity contribution is -0.384. The highest BCUT2D eigenvalue weighted by Gasteiger charge is 2.18. The predicted molar refractivity (Wildman–Crippen MR) is 98.1 cm³/mol. The molecule has 26 heavy (non-hydrogen) atoms. The van der Waals surface area contributed by atoms with Crippen molar-refractivity contribution in [3.8, 4) is 0 Å². The molecule has 3 aromatic rings. The number of nitro benzene ring substituents is 1. The number of rotatable bonds is 6. The number of nitrogens with one attached hydrogen (secondary N) is 1. The van der Waals surface area contributed by atoms with Gasteiger partial charge in [-0.2, -0.15) is 0 Å². The van der Waals surface area contributed by atoms with Crippen LogP contribution in [0.3, 0.4) is 0 Å². The molecule has 1 N–H and O–H groups in total. The Bertz CT molecular complexity index is 1030. The maximum Gasteiger partial charge on any atom is 0.269 e. The third kappa shape index (κ3) is 4.34. The average Bonchev–Trinajstić information content (AvgIpc) is 3.03. The average molecular weight is 411 g/mol. The van der Waals surface area contributed by atoms with Gasteiger partial charge in [0.05, 0.1) is 9.82 Å². The molecule has 8 nitrogen and oxygen atoms in total. The van der Waals surface area contributed by atoms with E-state index in [1.807, 2.05) is 12.1 Å². The third-order valence-electron chi connectivity index (χ3n) is 3.31. The van der Waals surface area contributed by atoms with E-state index in [-0.39, 0.29) is 15.7 Å². The van der Waals surface area contributed by atoms with Crippen molar-refractivity contribution >= 4 is 43.8 Å². The number of anilines is 1. The Morgan fingerprint density at radius 2 is 1.73 bits per heavy atom. The second kappa shape index (κ2) is 7.36. The Morgan fingerprint density at radius 3 is 2.35 bits per heavy atom. The van der Waals surface area contributed by atoms with Crippen molar-refractivity contribution in [2.24, 2.45) is 0 Å². The van der Waals surface area contributed by atoms with E-state index in [9.17, 15) is 18.5 Å². The van der Waals surface area contributed by atoms with Gasteiger partial charge in [-0.1, -0.05) is 35.1 Å². The van der Waals surface area contributed by atoms with Gasteiger partial charge in [0.25, 0.3) is 15.7 Å². The Hall–Kier alpha value is -2.56. The van der Waals surface area contributed by atoms with Crippen molar-refractivity contribution in [3.05, 3.63) is 74.2 Å². The zero-order chi connectivity index (χ0) is 18.7. The number of hydrogen-bond donors (Lipinski definition) is 1. The van der Waals surface area contributed by atoms with Gasteiger partial charge in [0, 0.05) is 23.6 Å². The Balaban J connectivity index is 1.73. The predicted octanol–water partition coefficient (Wildman–Crippen LogP) is 3.49. The number of halogens is 1. The first-order chi connectivity index (χ1) is 12.3. The standard InChI is InChI=1S/C15H11ClN4O4S2/c16-11-3-1-10(2-4-11)9-14-17-18-15(25-14)19-26(23,24)13-7-5-12(6-8-13)20(21)22/h1-8H,9H2,(H,18,19). The molecule has 1 heterocycles. The molecule has 2 aromatic carbocycles. The minimum Gasteiger partial charge on any atom is -0.258 e. The highest BCUT2D eigenvalue weighted by atomic mass is 35.5. The molecular formula is C15H11ClN4O4S2. The fourth-order valence-corrected chi connectivity index (χ4v) is 4.19. The van der Waals surface area contributed by atoms with Crippen molar-refractivity contribution in [3.63, 3.8) is 0 Å². The molecule has 0 aliphatic heterocycles. The van der Waals surface area contributed by atoms with Crippen LogP contribution < -0.4 is 4.72 Å². The van der Waals surface area contributed by atoms with Crippen molar-refractivity contribution in [2.45, 2.75) is 11.3 Å². The van der Waals surface area contributed by atoms with Crippen molar-refractivity contribution in [2.75, 3.05) is 4.72 Å². The Kier molecular flexibility index (Phi) is 5.16. The number of sulfonamides is 1. The van der Waals surface area contributed by atoms with Crippen LogP contribution >= 0.6 is 22.9 Å². The van der Waals surface area contributed by atoms with E-state index in [1.165, 1.54) is 0 Å². The molecule has 0 saturated carbocycles. The van der Waals surface area contributed by atoms with E-state index < -0.39 is 14.9 Å². The molecule has 0 aliphatic carbocycles. The van der Waals surface area contributed by atoms with E-state index in [1.54, 1.807) is 12.1 Å². The molecule has 0 radical (unpaired) electrons. The third-order valence-corrected chi connectivity index (χ3v) is 5.89. The minimum absolute atomic E-state index is 0.0995. The SMILES string of the molecule is O=[N+]([O-])c1ccc(S(=O)(=O)Nc2nnc(Cc3ccc(Cl)cc3)s2)cc1. The van der Waals surface area contributed by atoms with Gasteiger partial charge in [0.2, 0.25) is 5.13 Å². The zero-order valence-electron chi connectivity index (χ0n) is 13.0. The Morgan fingerprint density at radius 1 is 1.08 bits per heavy atom. The van der Waals surface area contributed by atoms with Gasteiger partial charge in [-0.05, 0) is 29.8 Å². The van der Waals surface area contributed by atoms with Crippen LogP contribution in [0.2, 0.25) is 5.02 Å². The summed E-state index contributed by atoms with van der Waals surface area (Å²) >= 11 is 6.95. The number of nitrogens with zero attached hydrogens (tertiary/aromatic N) is 3. The highest BCUT2D eigenvalue weighted by molar-refractivity contribution is 7.93. The largest absolute Gasteiger partial charge is 0.269 e. The number of aromatic nitrogens is 2. The molecule has 0 spiro atoms. The van der Waals surface area contributed by atoms with Crippen LogP contribution in [0.25, 0.3) is 0 Å². The van der Waals surface area contributed by atoms with Gasteiger partial charge >= 0.3 is 0 Å². The zero-order valence-corrected chi connectivity index (χ0v) is 15.4. The van der Waals surface area contributed by atoms with Gasteiger partial charge in [0.1, 0.15) is 5.01 Å². The van der Waals surface area contributed by atoms with Crippen LogP contribution in [-0.2, 0) is 16.4 Å². The Labute approximate surface area is 157 Å². The topological polar surface area (TPSA) is 115 Å². The molecule has 0 saturated heterocycles. The maximum atomic E-state index is 12.3. The van der Waals surface area contributed by atoms with Crippen LogP contribution in [0.4, 0.5) is 10.8 Å². The van der Waals surface area contributed by atoms with Crippen LogP contribution in [0.15, 0.2) is 53.4 Å². The fraction of sp³-hybridized carbons (Fsp3) is 0.0667. The molecule has 3 rings (SSSR count). The second-order valence-corrected chi connectivity index (χ2v) is 8.34. The quantitative estimate of drug-likeness (QED) is 0.491. The van der Waals surface area contributed by atoms with E-state index >= 15 is 0 Å². The first kappa shape index (κ1) is 18.2. The lowest BCUT2D eigenvalue weighted by Gasteiger charge is -2.04. The first-order valence-corrected chi connectivity index (χ1v) is 9.85. The van der Waals surface area contributed by atoms with Gasteiger partial charge < -0.3 is 0 Å². The van der Waals surface area contributed by atoms with Gasteiger partial charge in [-0.25, -0.2) is 8.42 Å². The van der Waals surface area contributed by atoms with Gasteiger partial charge in [-0.3, -0.25) is 14.8 Å². The molecular weight excluding hydrogens is 400 g/mol. The van der Waals surface area contributed by atoms with E-state index in [0.29, 0.717) is 16.5 Å². The summed E-state index contributed by atoms with van der Waals surface area (Å²) in [5, 5.41) is 19.8. The molecule has 1 aromatic heterocycles. The summed E-state index contributed by atoms with van der Waals surface area (Å²) in [6.45, 7) is 0. The van der Waals surface area contributed by atoms with Crippen LogP contribution in [0, 0.1) is 10.1 Å². The molecule has 0 amide bonds. The molecule has 0 fully saturated rings. The summed E-state index contributed by atoms with van der Waals surface area (Å²) in [5.41, 5.74) is 0.778. The number of non-ortho nitro benzene ring substituents is 1. The van der Waals surface area contributed by atoms with Crippen molar-refractivity contribution < 1.29 is 13.3 Å². The minimum atomic E-state index is -3.90. The van der Waals surface area contributed by atoms with E-state index in [0.717, 1.165) is 41.2 Å². The van der Waals surface area contributed by atoms with Crippen LogP contribution in [0.1, 0.15) is 10.6 Å². The summed E-state index contributed by atoms with van der Waals surface area (Å²) in [6, 6.07) is 11.8. The molecule has 11 heteroatoms. The highest BCUT2D eigenvalue weighted by Crippen LogP contribution is 2.23. The monoisotopic (exact) mass is 410 g/mol. The number of nitro groups is 1. The summed E-state index contributed by atoms with van der Waals surface area (Å²) in [4.78, 5) is 9.94. The number of hydrogen-bond acceptors (Lipinski definition) is 7. The lowest BCUT2D eigenvalue weighted by Crippen LogP contribution is -2.12. The van der Waals surface area contributed by atoms with Crippen molar-refractivity contribution in [1.29, 1.82) is 0 Å².